The summed E-state index contributed by atoms with van der Waals surface area (Å²) in [6.45, 7) is 0.330. The molecule has 0 spiro atoms. The molecule has 2 aliphatic rings. The zero-order valence-corrected chi connectivity index (χ0v) is 17.8. The van der Waals surface area contributed by atoms with Crippen LogP contribution in [0.5, 0.6) is 5.75 Å². The van der Waals surface area contributed by atoms with E-state index in [1.54, 1.807) is 36.3 Å². The van der Waals surface area contributed by atoms with Gasteiger partial charge < -0.3 is 9.64 Å². The number of nitrogens with zero attached hydrogens (tertiary/aromatic N) is 2. The molecular weight excluding hydrogens is 392 g/mol. The molecule has 0 bridgehead atoms. The number of rotatable bonds is 6. The van der Waals surface area contributed by atoms with Crippen molar-refractivity contribution in [3.05, 3.63) is 60.2 Å². The molecule has 1 saturated heterocycles. The van der Waals surface area contributed by atoms with E-state index in [9.17, 15) is 14.4 Å². The van der Waals surface area contributed by atoms with Gasteiger partial charge in [0.2, 0.25) is 11.8 Å². The Morgan fingerprint density at radius 3 is 2.32 bits per heavy atom. The summed E-state index contributed by atoms with van der Waals surface area (Å²) in [6.07, 6.45) is 4.92. The molecule has 1 saturated carbocycles. The van der Waals surface area contributed by atoms with Gasteiger partial charge in [0.15, 0.2) is 0 Å². The Bertz CT molecular complexity index is 936. The molecule has 1 unspecified atom stereocenters. The lowest BCUT2D eigenvalue weighted by Gasteiger charge is -2.32. The van der Waals surface area contributed by atoms with E-state index in [2.05, 4.69) is 0 Å². The number of carbonyl (C=O) groups excluding carboxylic acids is 3. The summed E-state index contributed by atoms with van der Waals surface area (Å²) in [7, 11) is 1.57. The van der Waals surface area contributed by atoms with Crippen LogP contribution in [0.15, 0.2) is 54.6 Å². The Hall–Kier alpha value is -3.15. The Balaban J connectivity index is 1.61. The van der Waals surface area contributed by atoms with Crippen molar-refractivity contribution >= 4 is 23.4 Å². The number of methoxy groups -OCH3 is 1. The number of carbonyl (C=O) groups is 3. The average molecular weight is 421 g/mol. The number of hydrogen-bond acceptors (Lipinski definition) is 4. The Morgan fingerprint density at radius 2 is 1.68 bits per heavy atom. The van der Waals surface area contributed by atoms with Crippen molar-refractivity contribution in [3.8, 4) is 5.75 Å². The van der Waals surface area contributed by atoms with E-state index in [0.717, 1.165) is 37.7 Å². The van der Waals surface area contributed by atoms with Gasteiger partial charge in [0, 0.05) is 12.5 Å². The molecule has 6 heteroatoms. The van der Waals surface area contributed by atoms with E-state index in [-0.39, 0.29) is 30.1 Å². The number of anilines is 1. The van der Waals surface area contributed by atoms with Gasteiger partial charge in [0.1, 0.15) is 11.8 Å². The van der Waals surface area contributed by atoms with Crippen LogP contribution in [-0.4, -0.2) is 35.8 Å². The van der Waals surface area contributed by atoms with Crippen molar-refractivity contribution in [3.63, 3.8) is 0 Å². The number of ether oxygens (including phenoxy) is 1. The molecule has 1 atom stereocenters. The lowest BCUT2D eigenvalue weighted by molar-refractivity contribution is -0.143. The van der Waals surface area contributed by atoms with Gasteiger partial charge in [0.05, 0.1) is 19.2 Å². The van der Waals surface area contributed by atoms with Gasteiger partial charge in [-0.25, -0.2) is 4.90 Å². The summed E-state index contributed by atoms with van der Waals surface area (Å²) in [4.78, 5) is 42.6. The summed E-state index contributed by atoms with van der Waals surface area (Å²) in [5, 5.41) is 0. The first-order valence-electron chi connectivity index (χ1n) is 10.9. The molecule has 0 N–H and O–H groups in total. The molecule has 0 radical (unpaired) electrons. The van der Waals surface area contributed by atoms with E-state index < -0.39 is 6.04 Å². The maximum Gasteiger partial charge on any atom is 0.257 e. The second-order valence-electron chi connectivity index (χ2n) is 8.27. The minimum atomic E-state index is -0.774. The van der Waals surface area contributed by atoms with Crippen molar-refractivity contribution < 1.29 is 19.1 Å². The summed E-state index contributed by atoms with van der Waals surface area (Å²) in [5.41, 5.74) is 1.46. The van der Waals surface area contributed by atoms with Crippen LogP contribution in [0.3, 0.4) is 0 Å². The van der Waals surface area contributed by atoms with Gasteiger partial charge in [-0.05, 0) is 42.7 Å². The van der Waals surface area contributed by atoms with E-state index in [1.165, 1.54) is 4.90 Å². The highest BCUT2D eigenvalue weighted by atomic mass is 16.5. The number of hydrogen-bond donors (Lipinski definition) is 0. The standard InChI is InChI=1S/C25H28N2O4/c1-31-21-14-12-20(13-15-21)27-23(28)16-22(25(27)30)26(17-18-8-4-2-5-9-18)24(29)19-10-6-3-7-11-19/h2,4-5,8-9,12-15,19,22H,3,6-7,10-11,16-17H2,1H3. The molecule has 4 rings (SSSR count). The number of benzene rings is 2. The van der Waals surface area contributed by atoms with E-state index in [4.69, 9.17) is 4.74 Å². The summed E-state index contributed by atoms with van der Waals surface area (Å²) >= 11 is 0. The van der Waals surface area contributed by atoms with Crippen LogP contribution in [0.4, 0.5) is 5.69 Å². The summed E-state index contributed by atoms with van der Waals surface area (Å²) < 4.78 is 5.17. The highest BCUT2D eigenvalue weighted by Gasteiger charge is 2.45. The molecule has 31 heavy (non-hydrogen) atoms. The Morgan fingerprint density at radius 1 is 1.00 bits per heavy atom. The maximum atomic E-state index is 13.5. The van der Waals surface area contributed by atoms with Crippen LogP contribution in [0, 0.1) is 5.92 Å². The van der Waals surface area contributed by atoms with Crippen molar-refractivity contribution in [2.45, 2.75) is 51.1 Å². The van der Waals surface area contributed by atoms with Gasteiger partial charge in [-0.1, -0.05) is 49.6 Å². The third kappa shape index (κ3) is 4.48. The molecule has 1 aliphatic heterocycles. The number of amides is 3. The molecule has 1 heterocycles. The third-order valence-electron chi connectivity index (χ3n) is 6.26. The maximum absolute atomic E-state index is 13.5. The lowest BCUT2D eigenvalue weighted by atomic mass is 9.87. The smallest absolute Gasteiger partial charge is 0.257 e. The fourth-order valence-corrected chi connectivity index (χ4v) is 4.57. The van der Waals surface area contributed by atoms with Crippen LogP contribution in [-0.2, 0) is 20.9 Å². The third-order valence-corrected chi connectivity index (χ3v) is 6.26. The minimum Gasteiger partial charge on any atom is -0.497 e. The fourth-order valence-electron chi connectivity index (χ4n) is 4.57. The van der Waals surface area contributed by atoms with E-state index >= 15 is 0 Å². The quantitative estimate of drug-likeness (QED) is 0.664. The SMILES string of the molecule is COc1ccc(N2C(=O)CC(N(Cc3ccccc3)C(=O)C3CCCCC3)C2=O)cc1. The lowest BCUT2D eigenvalue weighted by Crippen LogP contribution is -2.47. The highest BCUT2D eigenvalue weighted by Crippen LogP contribution is 2.31. The van der Waals surface area contributed by atoms with Crippen LogP contribution in [0.25, 0.3) is 0 Å². The van der Waals surface area contributed by atoms with Gasteiger partial charge in [-0.2, -0.15) is 0 Å². The number of imide groups is 1. The Kier molecular flexibility index (Phi) is 6.35. The molecule has 6 nitrogen and oxygen atoms in total. The van der Waals surface area contributed by atoms with Crippen molar-refractivity contribution in [2.75, 3.05) is 12.0 Å². The molecule has 162 valence electrons. The molecule has 3 amide bonds. The van der Waals surface area contributed by atoms with Crippen LogP contribution < -0.4 is 9.64 Å². The largest absolute Gasteiger partial charge is 0.497 e. The molecule has 1 aliphatic carbocycles. The molecule has 2 aromatic rings. The van der Waals surface area contributed by atoms with Gasteiger partial charge in [-0.3, -0.25) is 14.4 Å². The van der Waals surface area contributed by atoms with Crippen LogP contribution >= 0.6 is 0 Å². The predicted molar refractivity (Wildman–Crippen MR) is 117 cm³/mol. The minimum absolute atomic E-state index is 0.00807. The van der Waals surface area contributed by atoms with Gasteiger partial charge in [0.25, 0.3) is 5.91 Å². The highest BCUT2D eigenvalue weighted by molar-refractivity contribution is 6.23. The first kappa shape index (κ1) is 21.1. The van der Waals surface area contributed by atoms with Gasteiger partial charge in [-0.15, -0.1) is 0 Å². The second-order valence-corrected chi connectivity index (χ2v) is 8.27. The summed E-state index contributed by atoms with van der Waals surface area (Å²) in [5.74, 6) is -0.0517. The average Bonchev–Trinajstić information content (AvgIpc) is 3.12. The first-order chi connectivity index (χ1) is 15.1. The fraction of sp³-hybridized carbons (Fsp3) is 0.400. The Labute approximate surface area is 182 Å². The molecule has 0 aromatic heterocycles. The summed E-state index contributed by atoms with van der Waals surface area (Å²) in [6, 6.07) is 15.7. The second kappa shape index (κ2) is 9.33. The van der Waals surface area contributed by atoms with Crippen molar-refractivity contribution in [2.24, 2.45) is 5.92 Å². The first-order valence-corrected chi connectivity index (χ1v) is 10.9. The van der Waals surface area contributed by atoms with Crippen LogP contribution in [0.1, 0.15) is 44.1 Å². The van der Waals surface area contributed by atoms with Gasteiger partial charge >= 0.3 is 0 Å². The zero-order valence-electron chi connectivity index (χ0n) is 17.8. The zero-order chi connectivity index (χ0) is 21.8. The van der Waals surface area contributed by atoms with E-state index in [0.29, 0.717) is 18.0 Å². The normalized spacial score (nSPS) is 19.5. The van der Waals surface area contributed by atoms with E-state index in [1.807, 2.05) is 30.3 Å². The topological polar surface area (TPSA) is 66.9 Å². The van der Waals surface area contributed by atoms with Crippen LogP contribution in [0.2, 0.25) is 0 Å². The van der Waals surface area contributed by atoms with Crippen molar-refractivity contribution in [1.29, 1.82) is 0 Å². The molecular formula is C25H28N2O4. The monoisotopic (exact) mass is 420 g/mol. The molecule has 2 aromatic carbocycles. The van der Waals surface area contributed by atoms with Crippen molar-refractivity contribution in [1.82, 2.24) is 4.90 Å². The molecule has 2 fully saturated rings. The predicted octanol–water partition coefficient (Wildman–Crippen LogP) is 3.94.